The third-order valence-electron chi connectivity index (χ3n) is 6.26. The van der Waals surface area contributed by atoms with E-state index >= 15 is 0 Å². The highest BCUT2D eigenvalue weighted by molar-refractivity contribution is 8.00. The number of anilines is 3. The molecular weight excluding hydrogens is 549 g/mol. The van der Waals surface area contributed by atoms with Gasteiger partial charge < -0.3 is 15.4 Å². The Labute approximate surface area is 238 Å². The Bertz CT molecular complexity index is 1620. The lowest BCUT2D eigenvalue weighted by Crippen LogP contribution is -2.49. The van der Waals surface area contributed by atoms with Gasteiger partial charge in [0.2, 0.25) is 5.91 Å². The van der Waals surface area contributed by atoms with E-state index in [1.54, 1.807) is 18.9 Å². The van der Waals surface area contributed by atoms with Crippen LogP contribution in [0.25, 0.3) is 10.2 Å². The van der Waals surface area contributed by atoms with Gasteiger partial charge in [-0.15, -0.1) is 23.5 Å². The Balaban J connectivity index is 1.11. The molecule has 3 aromatic carbocycles. The standard InChI is InChI=1S/C29H24N4O3S3/c1-36-19-13-14-21-26(16-19)39-28(31-21)32-27(34)17-37-20-8-6-7-18(15-20)30-29(35)33-22-9-2-4-11-24(22)38-25-12-5-3-10-23(25)33/h2-16,22,24H,17H2,1H3,(H,30,35)(H,31,32,34). The summed E-state index contributed by atoms with van der Waals surface area (Å²) in [4.78, 5) is 34.4. The Hall–Kier alpha value is -3.73. The van der Waals surface area contributed by atoms with E-state index < -0.39 is 0 Å². The summed E-state index contributed by atoms with van der Waals surface area (Å²) in [5, 5.41) is 6.66. The van der Waals surface area contributed by atoms with E-state index in [2.05, 4.69) is 33.8 Å². The summed E-state index contributed by atoms with van der Waals surface area (Å²) in [5.74, 6) is 0.821. The van der Waals surface area contributed by atoms with E-state index in [4.69, 9.17) is 4.74 Å². The fraction of sp³-hybridized carbons (Fsp3) is 0.138. The summed E-state index contributed by atoms with van der Waals surface area (Å²) >= 11 is 4.58. The molecule has 2 N–H and O–H groups in total. The van der Waals surface area contributed by atoms with E-state index in [9.17, 15) is 9.59 Å². The zero-order valence-corrected chi connectivity index (χ0v) is 23.3. The third-order valence-corrected chi connectivity index (χ3v) is 9.49. The maximum Gasteiger partial charge on any atom is 0.326 e. The number of nitrogens with one attached hydrogen (secondary N) is 2. The molecule has 0 saturated carbocycles. The normalized spacial score (nSPS) is 17.4. The van der Waals surface area contributed by atoms with E-state index in [0.717, 1.165) is 31.4 Å². The number of rotatable bonds is 6. The minimum absolute atomic E-state index is 0.0697. The number of carbonyl (C=O) groups is 2. The van der Waals surface area contributed by atoms with Crippen molar-refractivity contribution in [1.29, 1.82) is 0 Å². The second-order valence-electron chi connectivity index (χ2n) is 8.83. The Morgan fingerprint density at radius 1 is 1.03 bits per heavy atom. The van der Waals surface area contributed by atoms with E-state index in [1.165, 1.54) is 23.1 Å². The van der Waals surface area contributed by atoms with Crippen molar-refractivity contribution in [3.63, 3.8) is 0 Å². The molecule has 4 aromatic rings. The van der Waals surface area contributed by atoms with Crippen LogP contribution >= 0.6 is 34.9 Å². The topological polar surface area (TPSA) is 83.6 Å². The number of thiazole rings is 1. The number of aromatic nitrogens is 1. The highest BCUT2D eigenvalue weighted by Crippen LogP contribution is 2.43. The van der Waals surface area contributed by atoms with Crippen LogP contribution in [0.1, 0.15) is 0 Å². The van der Waals surface area contributed by atoms with Crippen LogP contribution in [-0.2, 0) is 4.79 Å². The first-order valence-corrected chi connectivity index (χ1v) is 14.9. The number of allylic oxidation sites excluding steroid dienone is 2. The van der Waals surface area contributed by atoms with Gasteiger partial charge in [-0.25, -0.2) is 9.78 Å². The molecule has 2 aliphatic rings. The minimum atomic E-state index is -0.190. The van der Waals surface area contributed by atoms with Crippen molar-refractivity contribution in [1.82, 2.24) is 4.98 Å². The summed E-state index contributed by atoms with van der Waals surface area (Å²) in [5.41, 5.74) is 2.39. The lowest BCUT2D eigenvalue weighted by Gasteiger charge is -2.40. The summed E-state index contributed by atoms with van der Waals surface area (Å²) in [7, 11) is 1.62. The van der Waals surface area contributed by atoms with Crippen molar-refractivity contribution in [3.05, 3.63) is 91.0 Å². The van der Waals surface area contributed by atoms with E-state index in [1.807, 2.05) is 77.7 Å². The number of ether oxygens (including phenoxy) is 1. The molecule has 196 valence electrons. The van der Waals surface area contributed by atoms with Gasteiger partial charge in [-0.3, -0.25) is 9.69 Å². The summed E-state index contributed by atoms with van der Waals surface area (Å²) in [6.07, 6.45) is 8.23. The highest BCUT2D eigenvalue weighted by Gasteiger charge is 2.36. The van der Waals surface area contributed by atoms with Crippen molar-refractivity contribution in [3.8, 4) is 5.75 Å². The van der Waals surface area contributed by atoms with Crippen LogP contribution in [0.5, 0.6) is 5.75 Å². The van der Waals surface area contributed by atoms with Gasteiger partial charge in [-0.05, 0) is 48.5 Å². The van der Waals surface area contributed by atoms with Crippen molar-refractivity contribution in [2.75, 3.05) is 28.4 Å². The molecule has 1 aromatic heterocycles. The van der Waals surface area contributed by atoms with Crippen molar-refractivity contribution in [2.45, 2.75) is 21.1 Å². The fourth-order valence-corrected chi connectivity index (χ4v) is 7.39. The molecule has 2 unspecified atom stereocenters. The molecule has 0 fully saturated rings. The van der Waals surface area contributed by atoms with Crippen molar-refractivity contribution in [2.24, 2.45) is 0 Å². The van der Waals surface area contributed by atoms with Crippen molar-refractivity contribution < 1.29 is 14.3 Å². The quantitative estimate of drug-likeness (QED) is 0.241. The lowest BCUT2D eigenvalue weighted by molar-refractivity contribution is -0.113. The van der Waals surface area contributed by atoms with Crippen LogP contribution in [0.15, 0.2) is 101 Å². The molecule has 39 heavy (non-hydrogen) atoms. The maximum absolute atomic E-state index is 13.5. The van der Waals surface area contributed by atoms with Crippen LogP contribution in [0, 0.1) is 0 Å². The van der Waals surface area contributed by atoms with Gasteiger partial charge in [0.15, 0.2) is 5.13 Å². The molecule has 10 heteroatoms. The van der Waals surface area contributed by atoms with Crippen LogP contribution in [0.2, 0.25) is 0 Å². The second kappa shape index (κ2) is 11.2. The molecule has 0 spiro atoms. The summed E-state index contributed by atoms with van der Waals surface area (Å²) < 4.78 is 6.21. The smallest absolute Gasteiger partial charge is 0.326 e. The number of para-hydroxylation sites is 1. The lowest BCUT2D eigenvalue weighted by atomic mass is 10.1. The predicted octanol–water partition coefficient (Wildman–Crippen LogP) is 7.04. The Kier molecular flexibility index (Phi) is 7.32. The predicted molar refractivity (Wildman–Crippen MR) is 162 cm³/mol. The van der Waals surface area contributed by atoms with Gasteiger partial charge in [0.25, 0.3) is 0 Å². The number of hydrogen-bond acceptors (Lipinski definition) is 7. The van der Waals surface area contributed by atoms with Crippen LogP contribution in [0.4, 0.5) is 21.3 Å². The number of methoxy groups -OCH3 is 1. The molecule has 3 amide bonds. The number of benzene rings is 3. The molecular formula is C29H24N4O3S3. The molecule has 6 rings (SSSR count). The molecule has 0 saturated heterocycles. The molecule has 2 heterocycles. The molecule has 1 aliphatic heterocycles. The number of carbonyl (C=O) groups excluding carboxylic acids is 2. The molecule has 1 aliphatic carbocycles. The zero-order chi connectivity index (χ0) is 26.8. The van der Waals surface area contributed by atoms with Crippen LogP contribution in [-0.4, -0.2) is 41.1 Å². The fourth-order valence-electron chi connectivity index (χ4n) is 4.46. The SMILES string of the molecule is COc1ccc2nc(NC(=O)CSc3cccc(NC(=O)N4c5ccccc5SC5C=CC=CC54)c3)sc2c1. The van der Waals surface area contributed by atoms with Crippen LogP contribution in [0.3, 0.4) is 0 Å². The number of fused-ring (bicyclic) bond motifs is 3. The number of amides is 3. The number of urea groups is 1. The number of hydrogen-bond donors (Lipinski definition) is 2. The van der Waals surface area contributed by atoms with Gasteiger partial charge >= 0.3 is 6.03 Å². The average Bonchev–Trinajstić information content (AvgIpc) is 3.36. The first-order chi connectivity index (χ1) is 19.1. The number of thioether (sulfide) groups is 2. The van der Waals surface area contributed by atoms with Crippen molar-refractivity contribution >= 4 is 73.5 Å². The molecule has 0 radical (unpaired) electrons. The molecule has 0 bridgehead atoms. The van der Waals surface area contributed by atoms with Gasteiger partial charge in [-0.2, -0.15) is 0 Å². The maximum atomic E-state index is 13.5. The second-order valence-corrected chi connectivity index (χ2v) is 12.1. The zero-order valence-electron chi connectivity index (χ0n) is 20.9. The Morgan fingerprint density at radius 3 is 2.79 bits per heavy atom. The number of nitrogens with zero attached hydrogens (tertiary/aromatic N) is 2. The first kappa shape index (κ1) is 25.5. The summed E-state index contributed by atoms with van der Waals surface area (Å²) in [6, 6.07) is 20.9. The minimum Gasteiger partial charge on any atom is -0.497 e. The van der Waals surface area contributed by atoms with Gasteiger partial charge in [0, 0.05) is 15.5 Å². The van der Waals surface area contributed by atoms with Gasteiger partial charge in [0.1, 0.15) is 5.75 Å². The summed E-state index contributed by atoms with van der Waals surface area (Å²) in [6.45, 7) is 0. The van der Waals surface area contributed by atoms with Gasteiger partial charge in [-0.1, -0.05) is 53.8 Å². The first-order valence-electron chi connectivity index (χ1n) is 12.3. The average molecular weight is 573 g/mol. The molecule has 7 nitrogen and oxygen atoms in total. The third kappa shape index (κ3) is 5.54. The monoisotopic (exact) mass is 572 g/mol. The van der Waals surface area contributed by atoms with Gasteiger partial charge in [0.05, 0.1) is 40.1 Å². The largest absolute Gasteiger partial charge is 0.497 e. The Morgan fingerprint density at radius 2 is 1.90 bits per heavy atom. The molecule has 2 atom stereocenters. The van der Waals surface area contributed by atoms with Crippen LogP contribution < -0.4 is 20.3 Å². The van der Waals surface area contributed by atoms with E-state index in [-0.39, 0.29) is 29.0 Å². The highest BCUT2D eigenvalue weighted by atomic mass is 32.2. The van der Waals surface area contributed by atoms with E-state index in [0.29, 0.717) is 10.8 Å².